The number of ether oxygens (including phenoxy) is 3. The zero-order chi connectivity index (χ0) is 26.3. The summed E-state index contributed by atoms with van der Waals surface area (Å²) < 4.78 is 46.4. The van der Waals surface area contributed by atoms with Crippen LogP contribution in [0, 0.1) is 5.21 Å². The van der Waals surface area contributed by atoms with Crippen LogP contribution in [0.4, 0.5) is 0 Å². The van der Waals surface area contributed by atoms with E-state index in [1.165, 1.54) is 37.5 Å². The Balaban J connectivity index is 1.38. The number of carbonyl (C=O) groups excluding carboxylic acids is 1. The summed E-state index contributed by atoms with van der Waals surface area (Å²) in [5.74, 6) is -0.00708. The summed E-state index contributed by atoms with van der Waals surface area (Å²) in [6.45, 7) is -0.173. The molecule has 0 aliphatic carbocycles. The highest BCUT2D eigenvalue weighted by Gasteiger charge is 2.35. The third kappa shape index (κ3) is 5.96. The highest BCUT2D eigenvalue weighted by Crippen LogP contribution is 2.27. The minimum atomic E-state index is -4.22. The second-order valence-electron chi connectivity index (χ2n) is 7.52. The van der Waals surface area contributed by atoms with Gasteiger partial charge in [-0.05, 0) is 40.8 Å². The van der Waals surface area contributed by atoms with Gasteiger partial charge in [-0.2, -0.15) is 0 Å². The van der Waals surface area contributed by atoms with Gasteiger partial charge in [-0.3, -0.25) is 9.42 Å². The highest BCUT2D eigenvalue weighted by molar-refractivity contribution is 7.91. The highest BCUT2D eigenvalue weighted by atomic mass is 32.2. The van der Waals surface area contributed by atoms with Crippen LogP contribution in [0.2, 0.25) is 0 Å². The summed E-state index contributed by atoms with van der Waals surface area (Å²) >= 11 is 0. The van der Waals surface area contributed by atoms with Gasteiger partial charge in [0.25, 0.3) is 9.84 Å². The Morgan fingerprint density at radius 2 is 1.68 bits per heavy atom. The van der Waals surface area contributed by atoms with Gasteiger partial charge >= 0.3 is 10.9 Å². The van der Waals surface area contributed by atoms with Gasteiger partial charge in [0.1, 0.15) is 24.7 Å². The van der Waals surface area contributed by atoms with Gasteiger partial charge in [0, 0.05) is 6.07 Å². The Kier molecular flexibility index (Phi) is 7.84. The molecule has 0 N–H and O–H groups in total. The van der Waals surface area contributed by atoms with E-state index in [1.807, 2.05) is 30.3 Å². The number of methoxy groups -OCH3 is 1. The summed E-state index contributed by atoms with van der Waals surface area (Å²) in [6.07, 6.45) is 3.17. The van der Waals surface area contributed by atoms with E-state index in [0.717, 1.165) is 5.56 Å². The first-order chi connectivity index (χ1) is 17.9. The molecular weight excluding hydrogens is 500 g/mol. The Morgan fingerprint density at radius 3 is 2.38 bits per heavy atom. The van der Waals surface area contributed by atoms with Gasteiger partial charge in [-0.25, -0.2) is 8.42 Å². The van der Waals surface area contributed by atoms with Gasteiger partial charge in [0.05, 0.1) is 22.7 Å². The fourth-order valence-electron chi connectivity index (χ4n) is 3.33. The van der Waals surface area contributed by atoms with Crippen molar-refractivity contribution in [2.24, 2.45) is 0 Å². The number of rotatable bonds is 11. The van der Waals surface area contributed by atoms with Crippen molar-refractivity contribution in [3.8, 4) is 17.4 Å². The standard InChI is InChI=1S/C26H22N2O8S/c1-33-24-18-20(13-14-22(24)23(29)15-12-19-8-4-2-5-9-19)34-16-17-35-25-26(28(30)36-27-25)37(31,32)21-10-6-3-7-11-21/h2-15,18H,16-17H2,1H3. The van der Waals surface area contributed by atoms with Crippen LogP contribution in [-0.2, 0) is 9.84 Å². The number of sulfone groups is 1. The lowest BCUT2D eigenvalue weighted by Crippen LogP contribution is -2.31. The number of hydrogen-bond donors (Lipinski definition) is 0. The van der Waals surface area contributed by atoms with Crippen molar-refractivity contribution in [1.82, 2.24) is 5.16 Å². The molecule has 0 saturated carbocycles. The summed E-state index contributed by atoms with van der Waals surface area (Å²) in [5.41, 5.74) is 1.25. The predicted molar refractivity (Wildman–Crippen MR) is 131 cm³/mol. The molecule has 10 nitrogen and oxygen atoms in total. The molecule has 0 unspecified atom stereocenters. The topological polar surface area (TPSA) is 132 Å². The van der Waals surface area contributed by atoms with Crippen molar-refractivity contribution in [3.05, 3.63) is 101 Å². The third-order valence-corrected chi connectivity index (χ3v) is 6.84. The van der Waals surface area contributed by atoms with Crippen LogP contribution in [0.1, 0.15) is 15.9 Å². The summed E-state index contributed by atoms with van der Waals surface area (Å²) in [4.78, 5) is 12.3. The number of hydrogen-bond acceptors (Lipinski definition) is 9. The average Bonchev–Trinajstić information content (AvgIpc) is 3.31. The van der Waals surface area contributed by atoms with Crippen LogP contribution in [0.5, 0.6) is 17.4 Å². The Morgan fingerprint density at radius 1 is 1.00 bits per heavy atom. The van der Waals surface area contributed by atoms with Crippen LogP contribution < -0.4 is 19.1 Å². The minimum absolute atomic E-state index is 0.0269. The molecule has 0 amide bonds. The lowest BCUT2D eigenvalue weighted by Gasteiger charge is -2.10. The Hall–Kier alpha value is -4.64. The van der Waals surface area contributed by atoms with E-state index in [9.17, 15) is 18.4 Å². The number of benzene rings is 3. The third-order valence-electron chi connectivity index (χ3n) is 5.11. The SMILES string of the molecule is COc1cc(OCCOc2no[n+]([O-])c2S(=O)(=O)c2ccccc2)ccc1C(=O)C=Cc1ccccc1. The smallest absolute Gasteiger partial charge is 0.415 e. The van der Waals surface area contributed by atoms with Gasteiger partial charge in [-0.15, -0.1) is 0 Å². The molecule has 0 radical (unpaired) electrons. The molecule has 0 fully saturated rings. The van der Waals surface area contributed by atoms with Crippen LogP contribution in [0.15, 0.2) is 99.5 Å². The Labute approximate surface area is 212 Å². The fourth-order valence-corrected chi connectivity index (χ4v) is 4.62. The van der Waals surface area contributed by atoms with Crippen LogP contribution in [-0.4, -0.2) is 39.7 Å². The number of allylic oxidation sites excluding steroid dienone is 1. The van der Waals surface area contributed by atoms with Crippen LogP contribution in [0.25, 0.3) is 6.08 Å². The van der Waals surface area contributed by atoms with Crippen molar-refractivity contribution in [1.29, 1.82) is 0 Å². The van der Waals surface area contributed by atoms with Crippen molar-refractivity contribution >= 4 is 21.7 Å². The van der Waals surface area contributed by atoms with Gasteiger partial charge < -0.3 is 19.4 Å². The zero-order valence-corrected chi connectivity index (χ0v) is 20.5. The Bertz CT molecular complexity index is 1500. The van der Waals surface area contributed by atoms with E-state index >= 15 is 0 Å². The molecule has 37 heavy (non-hydrogen) atoms. The molecule has 0 aliphatic heterocycles. The zero-order valence-electron chi connectivity index (χ0n) is 19.6. The molecule has 3 aromatic carbocycles. The second-order valence-corrected chi connectivity index (χ2v) is 9.39. The summed E-state index contributed by atoms with van der Waals surface area (Å²) in [7, 11) is -2.77. The van der Waals surface area contributed by atoms with E-state index in [4.69, 9.17) is 14.2 Å². The maximum atomic E-state index is 12.8. The lowest BCUT2D eigenvalue weighted by atomic mass is 10.1. The van der Waals surface area contributed by atoms with E-state index < -0.39 is 20.7 Å². The maximum absolute atomic E-state index is 12.8. The summed E-state index contributed by atoms with van der Waals surface area (Å²) in [6, 6.07) is 21.5. The number of ketones is 1. The maximum Gasteiger partial charge on any atom is 0.415 e. The molecular formula is C26H22N2O8S. The minimum Gasteiger partial charge on any atom is -0.496 e. The van der Waals surface area contributed by atoms with E-state index in [2.05, 4.69) is 9.79 Å². The number of nitrogens with zero attached hydrogens (tertiary/aromatic N) is 2. The van der Waals surface area contributed by atoms with Gasteiger partial charge in [0.15, 0.2) is 5.78 Å². The summed E-state index contributed by atoms with van der Waals surface area (Å²) in [5, 5.41) is 14.6. The number of aromatic nitrogens is 2. The molecule has 0 atom stereocenters. The van der Waals surface area contributed by atoms with Gasteiger partial charge in [-0.1, -0.05) is 54.6 Å². The molecule has 190 valence electrons. The molecule has 0 spiro atoms. The van der Waals surface area contributed by atoms with Gasteiger partial charge in [0.2, 0.25) is 0 Å². The van der Waals surface area contributed by atoms with E-state index in [1.54, 1.807) is 30.3 Å². The fraction of sp³-hybridized carbons (Fsp3) is 0.115. The van der Waals surface area contributed by atoms with E-state index in [0.29, 0.717) is 17.1 Å². The monoisotopic (exact) mass is 522 g/mol. The first kappa shape index (κ1) is 25.5. The largest absolute Gasteiger partial charge is 0.496 e. The molecule has 0 aliphatic rings. The first-order valence-electron chi connectivity index (χ1n) is 11.0. The molecule has 1 heterocycles. The van der Waals surface area contributed by atoms with Crippen LogP contribution in [0.3, 0.4) is 0 Å². The lowest BCUT2D eigenvalue weighted by molar-refractivity contribution is -0.832. The van der Waals surface area contributed by atoms with E-state index in [-0.39, 0.29) is 28.8 Å². The molecule has 4 rings (SSSR count). The van der Waals surface area contributed by atoms with Crippen molar-refractivity contribution in [2.75, 3.05) is 20.3 Å². The van der Waals surface area contributed by atoms with Crippen molar-refractivity contribution in [2.45, 2.75) is 9.92 Å². The predicted octanol–water partition coefficient (Wildman–Crippen LogP) is 3.50. The molecule has 0 bridgehead atoms. The second kappa shape index (κ2) is 11.4. The molecule has 11 heteroatoms. The molecule has 4 aromatic rings. The normalized spacial score (nSPS) is 11.4. The average molecular weight is 523 g/mol. The molecule has 0 saturated heterocycles. The van der Waals surface area contributed by atoms with Crippen molar-refractivity contribution in [3.63, 3.8) is 0 Å². The molecule has 1 aromatic heterocycles. The quantitative estimate of drug-likeness (QED) is 0.126. The first-order valence-corrected chi connectivity index (χ1v) is 12.5. The van der Waals surface area contributed by atoms with Crippen LogP contribution >= 0.6 is 0 Å². The van der Waals surface area contributed by atoms with Crippen molar-refractivity contribution < 1.29 is 37.0 Å². The number of carbonyl (C=O) groups is 1.